The van der Waals surface area contributed by atoms with Crippen LogP contribution in [0, 0.1) is 5.92 Å². The summed E-state index contributed by atoms with van der Waals surface area (Å²) in [5, 5.41) is 37.9. The first kappa shape index (κ1) is 25.4. The molecule has 0 bridgehead atoms. The SMILES string of the molecule is N[C@@H](c1c(O)ccc2ccccc12)C1CCN(C(=O)[C@H](O)CO)CC1.O=C(O)C(F)(F)F. The number of carboxylic acids is 1. The van der Waals surface area contributed by atoms with Crippen molar-refractivity contribution in [2.75, 3.05) is 19.7 Å². The van der Waals surface area contributed by atoms with Gasteiger partial charge in [-0.15, -0.1) is 0 Å². The molecule has 1 aliphatic heterocycles. The van der Waals surface area contributed by atoms with Gasteiger partial charge < -0.3 is 31.1 Å². The number of likely N-dealkylation sites (tertiary alicyclic amines) is 1. The number of carbonyl (C=O) groups excluding carboxylic acids is 1. The monoisotopic (exact) mass is 458 g/mol. The number of benzene rings is 2. The molecule has 3 rings (SSSR count). The summed E-state index contributed by atoms with van der Waals surface area (Å²) in [5.74, 6) is -2.87. The van der Waals surface area contributed by atoms with Gasteiger partial charge in [0.05, 0.1) is 6.61 Å². The molecule has 0 aromatic heterocycles. The van der Waals surface area contributed by atoms with Crippen molar-refractivity contribution in [2.24, 2.45) is 11.7 Å². The van der Waals surface area contributed by atoms with Crippen LogP contribution in [-0.2, 0) is 9.59 Å². The van der Waals surface area contributed by atoms with Gasteiger partial charge in [0.25, 0.3) is 5.91 Å². The van der Waals surface area contributed by atoms with E-state index in [2.05, 4.69) is 0 Å². The topological polar surface area (TPSA) is 144 Å². The Kier molecular flexibility index (Phi) is 8.42. The first-order chi connectivity index (χ1) is 15.0. The van der Waals surface area contributed by atoms with E-state index in [1.165, 1.54) is 0 Å². The van der Waals surface area contributed by atoms with Gasteiger partial charge in [-0.25, -0.2) is 4.79 Å². The van der Waals surface area contributed by atoms with Crippen LogP contribution >= 0.6 is 0 Å². The minimum absolute atomic E-state index is 0.132. The maximum absolute atomic E-state index is 11.9. The van der Waals surface area contributed by atoms with Crippen molar-refractivity contribution in [3.63, 3.8) is 0 Å². The van der Waals surface area contributed by atoms with Gasteiger partial charge in [-0.2, -0.15) is 13.2 Å². The number of hydrogen-bond donors (Lipinski definition) is 5. The van der Waals surface area contributed by atoms with E-state index in [9.17, 15) is 28.2 Å². The minimum atomic E-state index is -5.08. The Balaban J connectivity index is 0.000000451. The predicted molar refractivity (Wildman–Crippen MR) is 109 cm³/mol. The number of aromatic hydroxyl groups is 1. The van der Waals surface area contributed by atoms with E-state index < -0.39 is 30.8 Å². The number of nitrogens with two attached hydrogens (primary N) is 1. The molecule has 2 aromatic carbocycles. The number of fused-ring (bicyclic) bond motifs is 1. The molecule has 0 spiro atoms. The van der Waals surface area contributed by atoms with E-state index in [1.54, 1.807) is 11.0 Å². The lowest BCUT2D eigenvalue weighted by atomic mass is 9.83. The fourth-order valence-electron chi connectivity index (χ4n) is 3.64. The van der Waals surface area contributed by atoms with Crippen LogP contribution in [0.4, 0.5) is 13.2 Å². The average Bonchev–Trinajstić information content (AvgIpc) is 2.77. The highest BCUT2D eigenvalue weighted by molar-refractivity contribution is 5.88. The highest BCUT2D eigenvalue weighted by Crippen LogP contribution is 2.38. The summed E-state index contributed by atoms with van der Waals surface area (Å²) in [4.78, 5) is 22.4. The molecule has 6 N–H and O–H groups in total. The Labute approximate surface area is 181 Å². The second-order valence-electron chi connectivity index (χ2n) is 7.41. The second-order valence-corrected chi connectivity index (χ2v) is 7.41. The summed E-state index contributed by atoms with van der Waals surface area (Å²) >= 11 is 0. The highest BCUT2D eigenvalue weighted by Gasteiger charge is 2.38. The van der Waals surface area contributed by atoms with Crippen LogP contribution in [0.3, 0.4) is 0 Å². The van der Waals surface area contributed by atoms with Gasteiger partial charge in [0.2, 0.25) is 0 Å². The number of aliphatic hydroxyl groups is 2. The quantitative estimate of drug-likeness (QED) is 0.470. The minimum Gasteiger partial charge on any atom is -0.508 e. The molecule has 1 fully saturated rings. The Hall–Kier alpha value is -2.89. The maximum Gasteiger partial charge on any atom is 0.490 e. The van der Waals surface area contributed by atoms with Crippen LogP contribution in [0.25, 0.3) is 10.8 Å². The number of alkyl halides is 3. The average molecular weight is 458 g/mol. The summed E-state index contributed by atoms with van der Waals surface area (Å²) in [6.07, 6.45) is -5.06. The molecule has 0 radical (unpaired) electrons. The van der Waals surface area contributed by atoms with Gasteiger partial charge in [0.1, 0.15) is 5.75 Å². The molecule has 11 heteroatoms. The number of rotatable bonds is 4. The summed E-state index contributed by atoms with van der Waals surface area (Å²) in [6.45, 7) is 0.404. The number of nitrogens with zero attached hydrogens (tertiary/aromatic N) is 1. The first-order valence-electron chi connectivity index (χ1n) is 9.81. The number of halogens is 3. The van der Waals surface area contributed by atoms with E-state index in [0.29, 0.717) is 25.9 Å². The lowest BCUT2D eigenvalue weighted by Crippen LogP contribution is -2.46. The molecular formula is C21H25F3N2O6. The Morgan fingerprint density at radius 3 is 2.22 bits per heavy atom. The highest BCUT2D eigenvalue weighted by atomic mass is 19.4. The summed E-state index contributed by atoms with van der Waals surface area (Å²) in [7, 11) is 0. The van der Waals surface area contributed by atoms with E-state index in [-0.39, 0.29) is 17.7 Å². The molecule has 0 saturated carbocycles. The summed E-state index contributed by atoms with van der Waals surface area (Å²) < 4.78 is 31.7. The van der Waals surface area contributed by atoms with Gasteiger partial charge in [0, 0.05) is 24.7 Å². The van der Waals surface area contributed by atoms with Crippen molar-refractivity contribution in [1.29, 1.82) is 0 Å². The molecule has 1 heterocycles. The fraction of sp³-hybridized carbons (Fsp3) is 0.429. The molecular weight excluding hydrogens is 433 g/mol. The van der Waals surface area contributed by atoms with Crippen molar-refractivity contribution in [3.8, 4) is 5.75 Å². The zero-order chi connectivity index (χ0) is 24.1. The number of aliphatic hydroxyl groups excluding tert-OH is 2. The third-order valence-electron chi connectivity index (χ3n) is 5.34. The van der Waals surface area contributed by atoms with Crippen LogP contribution < -0.4 is 5.73 Å². The number of carboxylic acid groups (broad SMARTS) is 1. The van der Waals surface area contributed by atoms with Crippen molar-refractivity contribution < 1.29 is 43.2 Å². The lowest BCUT2D eigenvalue weighted by Gasteiger charge is -2.36. The molecule has 32 heavy (non-hydrogen) atoms. The van der Waals surface area contributed by atoms with Crippen LogP contribution in [0.5, 0.6) is 5.75 Å². The molecule has 1 saturated heterocycles. The molecule has 176 valence electrons. The molecule has 1 amide bonds. The number of aliphatic carboxylic acids is 1. The third-order valence-corrected chi connectivity index (χ3v) is 5.34. The smallest absolute Gasteiger partial charge is 0.490 e. The van der Waals surface area contributed by atoms with Crippen LogP contribution in [0.2, 0.25) is 0 Å². The van der Waals surface area contributed by atoms with Crippen LogP contribution in [-0.4, -0.2) is 69.2 Å². The standard InChI is InChI=1S/C19H24N2O4.C2HF3O2/c20-18(13-7-9-21(10-8-13)19(25)16(24)11-22)17-14-4-2-1-3-12(14)5-6-15(17)23;3-2(4,5)1(6)7/h1-6,13,16,18,22-24H,7-11,20H2;(H,6,7)/t16-,18-;/m1./s1. The van der Waals surface area contributed by atoms with Gasteiger partial charge in [-0.05, 0) is 35.6 Å². The number of hydrogen-bond acceptors (Lipinski definition) is 6. The Morgan fingerprint density at radius 2 is 1.69 bits per heavy atom. The van der Waals surface area contributed by atoms with Gasteiger partial charge >= 0.3 is 12.1 Å². The number of amides is 1. The molecule has 0 unspecified atom stereocenters. The number of phenols is 1. The third kappa shape index (κ3) is 6.09. The summed E-state index contributed by atoms with van der Waals surface area (Å²) in [5.41, 5.74) is 7.24. The van der Waals surface area contributed by atoms with Crippen molar-refractivity contribution >= 4 is 22.6 Å². The summed E-state index contributed by atoms with van der Waals surface area (Å²) in [6, 6.07) is 11.0. The van der Waals surface area contributed by atoms with E-state index in [0.717, 1.165) is 16.3 Å². The van der Waals surface area contributed by atoms with Crippen LogP contribution in [0.1, 0.15) is 24.4 Å². The zero-order valence-electron chi connectivity index (χ0n) is 17.0. The Morgan fingerprint density at radius 1 is 1.12 bits per heavy atom. The second kappa shape index (κ2) is 10.6. The molecule has 0 aliphatic carbocycles. The molecule has 2 atom stereocenters. The van der Waals surface area contributed by atoms with Gasteiger partial charge in [0.15, 0.2) is 6.10 Å². The number of carbonyl (C=O) groups is 2. The molecule has 2 aromatic rings. The van der Waals surface area contributed by atoms with E-state index in [4.69, 9.17) is 20.7 Å². The van der Waals surface area contributed by atoms with Gasteiger partial charge in [-0.1, -0.05) is 30.3 Å². The number of phenolic OH excluding ortho intramolecular Hbond substituents is 1. The molecule has 8 nitrogen and oxygen atoms in total. The first-order valence-corrected chi connectivity index (χ1v) is 9.81. The van der Waals surface area contributed by atoms with Crippen molar-refractivity contribution in [2.45, 2.75) is 31.2 Å². The van der Waals surface area contributed by atoms with Crippen molar-refractivity contribution in [1.82, 2.24) is 4.90 Å². The lowest BCUT2D eigenvalue weighted by molar-refractivity contribution is -0.192. The van der Waals surface area contributed by atoms with Crippen LogP contribution in [0.15, 0.2) is 36.4 Å². The van der Waals surface area contributed by atoms with E-state index >= 15 is 0 Å². The molecule has 1 aliphatic rings. The number of piperidine rings is 1. The van der Waals surface area contributed by atoms with Crippen molar-refractivity contribution in [3.05, 3.63) is 42.0 Å². The Bertz CT molecular complexity index is 945. The normalized spacial score (nSPS) is 16.8. The largest absolute Gasteiger partial charge is 0.508 e. The fourth-order valence-corrected chi connectivity index (χ4v) is 3.64. The zero-order valence-corrected chi connectivity index (χ0v) is 17.0. The predicted octanol–water partition coefficient (Wildman–Crippen LogP) is 1.77. The maximum atomic E-state index is 11.9. The van der Waals surface area contributed by atoms with Gasteiger partial charge in [-0.3, -0.25) is 4.79 Å². The van der Waals surface area contributed by atoms with E-state index in [1.807, 2.05) is 30.3 Å².